The number of benzene rings is 2. The molecule has 1 heterocycles. The maximum Gasteiger partial charge on any atom is 0.253 e. The smallest absolute Gasteiger partial charge is 0.253 e. The van der Waals surface area contributed by atoms with Crippen LogP contribution in [0.4, 0.5) is 0 Å². The molecule has 0 aromatic heterocycles. The maximum atomic E-state index is 12.8. The minimum Gasteiger partial charge on any atom is -0.345 e. The van der Waals surface area contributed by atoms with Gasteiger partial charge in [-0.3, -0.25) is 14.4 Å². The molecule has 1 fully saturated rings. The fraction of sp³-hybridized carbons (Fsp3) is 0.318. The van der Waals surface area contributed by atoms with E-state index in [-0.39, 0.29) is 35.6 Å². The molecular weight excluding hydrogens is 439 g/mol. The second-order valence-electron chi connectivity index (χ2n) is 7.36. The second kappa shape index (κ2) is 10.6. The molecule has 3 amide bonds. The molecule has 9 heteroatoms. The summed E-state index contributed by atoms with van der Waals surface area (Å²) in [7, 11) is 2.02. The first-order valence-electron chi connectivity index (χ1n) is 9.88. The summed E-state index contributed by atoms with van der Waals surface area (Å²) in [6.45, 7) is 1.67. The second-order valence-corrected chi connectivity index (χ2v) is 8.20. The number of amides is 3. The van der Waals surface area contributed by atoms with Crippen molar-refractivity contribution in [2.75, 3.05) is 39.8 Å². The van der Waals surface area contributed by atoms with Crippen LogP contribution in [0.5, 0.6) is 0 Å². The van der Waals surface area contributed by atoms with E-state index in [2.05, 4.69) is 15.5 Å². The van der Waals surface area contributed by atoms with Gasteiger partial charge < -0.3 is 20.4 Å². The first-order valence-corrected chi connectivity index (χ1v) is 10.6. The van der Waals surface area contributed by atoms with Crippen LogP contribution in [0.3, 0.4) is 0 Å². The van der Waals surface area contributed by atoms with Crippen molar-refractivity contribution in [1.82, 2.24) is 20.4 Å². The minimum absolute atomic E-state index is 0.0731. The van der Waals surface area contributed by atoms with Gasteiger partial charge in [0, 0.05) is 24.7 Å². The van der Waals surface area contributed by atoms with Crippen LogP contribution in [0.25, 0.3) is 0 Å². The van der Waals surface area contributed by atoms with Crippen LogP contribution < -0.4 is 10.6 Å². The fourth-order valence-corrected chi connectivity index (χ4v) is 3.94. The number of carbonyl (C=O) groups is 3. The Morgan fingerprint density at radius 3 is 2.45 bits per heavy atom. The zero-order valence-electron chi connectivity index (χ0n) is 17.1. The van der Waals surface area contributed by atoms with Gasteiger partial charge in [-0.15, -0.1) is 0 Å². The summed E-state index contributed by atoms with van der Waals surface area (Å²) in [6, 6.07) is 14.2. The lowest BCUT2D eigenvalue weighted by molar-refractivity contribution is -0.137. The van der Waals surface area contributed by atoms with Crippen LogP contribution >= 0.6 is 23.2 Å². The normalized spacial score (nSPS) is 16.6. The molecule has 0 saturated carbocycles. The zero-order chi connectivity index (χ0) is 22.4. The number of halogens is 2. The quantitative estimate of drug-likeness (QED) is 0.690. The van der Waals surface area contributed by atoms with Gasteiger partial charge in [-0.1, -0.05) is 53.5 Å². The van der Waals surface area contributed by atoms with Crippen molar-refractivity contribution in [3.05, 3.63) is 69.7 Å². The highest BCUT2D eigenvalue weighted by atomic mass is 35.5. The van der Waals surface area contributed by atoms with Crippen LogP contribution in [-0.4, -0.2) is 67.3 Å². The highest BCUT2D eigenvalue weighted by molar-refractivity contribution is 6.36. The van der Waals surface area contributed by atoms with Crippen molar-refractivity contribution in [3.8, 4) is 0 Å². The SMILES string of the molecule is CN1CCN(C(=O)CNC(=O)CNC(=O)c2ccc(Cl)cc2Cl)C(c2ccccc2)C1. The van der Waals surface area contributed by atoms with Gasteiger partial charge in [0.25, 0.3) is 5.91 Å². The largest absolute Gasteiger partial charge is 0.345 e. The molecule has 7 nitrogen and oxygen atoms in total. The molecule has 2 N–H and O–H groups in total. The van der Waals surface area contributed by atoms with Gasteiger partial charge in [0.2, 0.25) is 11.8 Å². The molecule has 31 heavy (non-hydrogen) atoms. The third-order valence-electron chi connectivity index (χ3n) is 5.11. The van der Waals surface area contributed by atoms with Crippen molar-refractivity contribution in [2.24, 2.45) is 0 Å². The number of hydrogen-bond acceptors (Lipinski definition) is 4. The van der Waals surface area contributed by atoms with E-state index >= 15 is 0 Å². The van der Waals surface area contributed by atoms with Gasteiger partial charge >= 0.3 is 0 Å². The Hall–Kier alpha value is -2.61. The van der Waals surface area contributed by atoms with Gasteiger partial charge in [0.05, 0.1) is 29.7 Å². The van der Waals surface area contributed by atoms with Crippen LogP contribution in [0.2, 0.25) is 10.0 Å². The first kappa shape index (κ1) is 23.1. The molecule has 3 rings (SSSR count). The Bertz CT molecular complexity index is 955. The first-order chi connectivity index (χ1) is 14.8. The standard InChI is InChI=1S/C22H24Cl2N4O3/c1-27-9-10-28(19(14-27)15-5-3-2-4-6-15)21(30)13-25-20(29)12-26-22(31)17-8-7-16(23)11-18(17)24/h2-8,11,19H,9-10,12-14H2,1H3,(H,25,29)(H,26,31). The fourth-order valence-electron chi connectivity index (χ4n) is 3.45. The molecule has 1 saturated heterocycles. The molecule has 1 atom stereocenters. The minimum atomic E-state index is -0.494. The molecule has 1 unspecified atom stereocenters. The Morgan fingerprint density at radius 1 is 1.00 bits per heavy atom. The van der Waals surface area contributed by atoms with Crippen molar-refractivity contribution in [3.63, 3.8) is 0 Å². The zero-order valence-corrected chi connectivity index (χ0v) is 18.6. The lowest BCUT2D eigenvalue weighted by atomic mass is 10.0. The molecule has 0 spiro atoms. The summed E-state index contributed by atoms with van der Waals surface area (Å²) in [6.07, 6.45) is 0. The van der Waals surface area contributed by atoms with E-state index < -0.39 is 11.8 Å². The van der Waals surface area contributed by atoms with Gasteiger partial charge in [-0.05, 0) is 30.8 Å². The molecule has 2 aromatic rings. The predicted molar refractivity (Wildman–Crippen MR) is 120 cm³/mol. The lowest BCUT2D eigenvalue weighted by Crippen LogP contribution is -2.52. The highest BCUT2D eigenvalue weighted by Crippen LogP contribution is 2.24. The van der Waals surface area contributed by atoms with Gasteiger partial charge in [0.15, 0.2) is 0 Å². The Labute approximate surface area is 191 Å². The molecule has 0 radical (unpaired) electrons. The average molecular weight is 463 g/mol. The molecule has 164 valence electrons. The number of nitrogens with zero attached hydrogens (tertiary/aromatic N) is 2. The van der Waals surface area contributed by atoms with Gasteiger partial charge in [-0.25, -0.2) is 0 Å². The van der Waals surface area contributed by atoms with Crippen LogP contribution in [0, 0.1) is 0 Å². The van der Waals surface area contributed by atoms with E-state index in [0.29, 0.717) is 11.6 Å². The molecule has 0 bridgehead atoms. The van der Waals surface area contributed by atoms with Crippen LogP contribution in [-0.2, 0) is 9.59 Å². The van der Waals surface area contributed by atoms with E-state index in [0.717, 1.165) is 18.7 Å². The molecule has 1 aliphatic heterocycles. The van der Waals surface area contributed by atoms with Crippen molar-refractivity contribution in [2.45, 2.75) is 6.04 Å². The summed E-state index contributed by atoms with van der Waals surface area (Å²) in [5.74, 6) is -1.12. The van der Waals surface area contributed by atoms with Crippen LogP contribution in [0.1, 0.15) is 22.0 Å². The topological polar surface area (TPSA) is 81.8 Å². The lowest BCUT2D eigenvalue weighted by Gasteiger charge is -2.40. The number of rotatable bonds is 6. The third kappa shape index (κ3) is 6.19. The number of nitrogens with one attached hydrogen (secondary N) is 2. The summed E-state index contributed by atoms with van der Waals surface area (Å²) in [5.41, 5.74) is 1.28. The summed E-state index contributed by atoms with van der Waals surface area (Å²) in [4.78, 5) is 41.1. The maximum absolute atomic E-state index is 12.8. The van der Waals surface area contributed by atoms with Crippen molar-refractivity contribution < 1.29 is 14.4 Å². The average Bonchev–Trinajstić information content (AvgIpc) is 2.76. The molecule has 0 aliphatic carbocycles. The number of likely N-dealkylation sites (N-methyl/N-ethyl adjacent to an activating group) is 1. The van der Waals surface area contributed by atoms with Gasteiger partial charge in [0.1, 0.15) is 0 Å². The van der Waals surface area contributed by atoms with E-state index in [9.17, 15) is 14.4 Å². The van der Waals surface area contributed by atoms with Crippen LogP contribution in [0.15, 0.2) is 48.5 Å². The number of hydrogen-bond donors (Lipinski definition) is 2. The number of carbonyl (C=O) groups excluding carboxylic acids is 3. The summed E-state index contributed by atoms with van der Waals surface area (Å²) >= 11 is 11.8. The van der Waals surface area contributed by atoms with E-state index in [1.807, 2.05) is 37.4 Å². The number of piperazine rings is 1. The molecular formula is C22H24Cl2N4O3. The van der Waals surface area contributed by atoms with Gasteiger partial charge in [-0.2, -0.15) is 0 Å². The highest BCUT2D eigenvalue weighted by Gasteiger charge is 2.30. The third-order valence-corrected chi connectivity index (χ3v) is 5.66. The predicted octanol–water partition coefficient (Wildman–Crippen LogP) is 2.35. The Kier molecular flexibility index (Phi) is 7.90. The monoisotopic (exact) mass is 462 g/mol. The van der Waals surface area contributed by atoms with Crippen molar-refractivity contribution >= 4 is 40.9 Å². The van der Waals surface area contributed by atoms with E-state index in [1.54, 1.807) is 11.0 Å². The van der Waals surface area contributed by atoms with E-state index in [1.165, 1.54) is 12.1 Å². The van der Waals surface area contributed by atoms with Crippen molar-refractivity contribution in [1.29, 1.82) is 0 Å². The molecule has 1 aliphatic rings. The Balaban J connectivity index is 1.52. The Morgan fingerprint density at radius 2 is 1.74 bits per heavy atom. The van der Waals surface area contributed by atoms with E-state index in [4.69, 9.17) is 23.2 Å². The molecule has 2 aromatic carbocycles. The summed E-state index contributed by atoms with van der Waals surface area (Å²) < 4.78 is 0. The summed E-state index contributed by atoms with van der Waals surface area (Å²) in [5, 5.41) is 5.68.